The molecule has 0 spiro atoms. The number of likely N-dealkylation sites (N-methyl/N-ethyl adjacent to an activating group) is 1. The molecule has 0 aromatic rings. The van der Waals surface area contributed by atoms with Crippen LogP contribution in [0.2, 0.25) is 0 Å². The van der Waals surface area contributed by atoms with Crippen molar-refractivity contribution < 1.29 is 4.79 Å². The molecule has 1 rings (SSSR count). The van der Waals surface area contributed by atoms with Gasteiger partial charge in [-0.1, -0.05) is 6.92 Å². The largest absolute Gasteiger partial charge is 0.339 e. The number of likely N-dealkylation sites (tertiary alicyclic amines) is 1. The molecule has 1 aliphatic heterocycles. The number of carbonyl (C=O) groups excluding carboxylic acids is 1. The van der Waals surface area contributed by atoms with Crippen LogP contribution in [0.3, 0.4) is 0 Å². The van der Waals surface area contributed by atoms with Crippen LogP contribution in [0, 0.1) is 0 Å². The maximum atomic E-state index is 11.1. The predicted octanol–water partition coefficient (Wildman–Crippen LogP) is 0.607. The van der Waals surface area contributed by atoms with E-state index in [2.05, 4.69) is 12.2 Å². The van der Waals surface area contributed by atoms with E-state index in [0.29, 0.717) is 6.04 Å². The van der Waals surface area contributed by atoms with Gasteiger partial charge in [0.15, 0.2) is 0 Å². The zero-order valence-corrected chi connectivity index (χ0v) is 7.97. The van der Waals surface area contributed by atoms with Crippen LogP contribution in [0.5, 0.6) is 0 Å². The average molecular weight is 170 g/mol. The molecule has 1 amide bonds. The Hall–Kier alpha value is -0.570. The lowest BCUT2D eigenvalue weighted by atomic mass is 10.2. The highest BCUT2D eigenvalue weighted by atomic mass is 16.2. The number of nitrogens with one attached hydrogen (secondary N) is 1. The lowest BCUT2D eigenvalue weighted by Crippen LogP contribution is -2.40. The van der Waals surface area contributed by atoms with E-state index >= 15 is 0 Å². The van der Waals surface area contributed by atoms with Crippen molar-refractivity contribution in [2.75, 3.05) is 19.6 Å². The molecule has 0 bridgehead atoms. The molecule has 0 aromatic carbocycles. The number of carbonyl (C=O) groups is 1. The van der Waals surface area contributed by atoms with Gasteiger partial charge >= 0.3 is 0 Å². The normalized spacial score (nSPS) is 23.2. The van der Waals surface area contributed by atoms with Gasteiger partial charge in [-0.25, -0.2) is 0 Å². The molecule has 3 nitrogen and oxygen atoms in total. The molecule has 1 aliphatic rings. The van der Waals surface area contributed by atoms with Crippen molar-refractivity contribution in [3.63, 3.8) is 0 Å². The van der Waals surface area contributed by atoms with Gasteiger partial charge in [-0.15, -0.1) is 0 Å². The molecule has 1 fully saturated rings. The lowest BCUT2D eigenvalue weighted by Gasteiger charge is -2.23. The second-order valence-corrected chi connectivity index (χ2v) is 3.32. The molecule has 0 radical (unpaired) electrons. The molecular formula is C9H18N2O. The Morgan fingerprint density at radius 2 is 2.42 bits per heavy atom. The summed E-state index contributed by atoms with van der Waals surface area (Å²) >= 11 is 0. The second kappa shape index (κ2) is 4.45. The third-order valence-corrected chi connectivity index (χ3v) is 2.41. The monoisotopic (exact) mass is 170 g/mol. The fourth-order valence-corrected chi connectivity index (χ4v) is 1.77. The van der Waals surface area contributed by atoms with Crippen molar-refractivity contribution in [2.24, 2.45) is 0 Å². The Bertz CT molecular complexity index is 159. The summed E-state index contributed by atoms with van der Waals surface area (Å²) in [5, 5.41) is 3.28. The Morgan fingerprint density at radius 3 is 3.00 bits per heavy atom. The van der Waals surface area contributed by atoms with Crippen molar-refractivity contribution in [3.8, 4) is 0 Å². The first-order valence-electron chi connectivity index (χ1n) is 4.73. The third-order valence-electron chi connectivity index (χ3n) is 2.41. The van der Waals surface area contributed by atoms with Crippen LogP contribution in [0.25, 0.3) is 0 Å². The van der Waals surface area contributed by atoms with E-state index in [1.54, 1.807) is 6.92 Å². The number of nitrogens with zero attached hydrogens (tertiary/aromatic N) is 1. The van der Waals surface area contributed by atoms with Crippen molar-refractivity contribution >= 4 is 5.91 Å². The van der Waals surface area contributed by atoms with Gasteiger partial charge in [-0.2, -0.15) is 0 Å². The average Bonchev–Trinajstić information content (AvgIpc) is 2.48. The summed E-state index contributed by atoms with van der Waals surface area (Å²) < 4.78 is 0. The van der Waals surface area contributed by atoms with Crippen LogP contribution in [-0.4, -0.2) is 36.5 Å². The zero-order chi connectivity index (χ0) is 8.97. The van der Waals surface area contributed by atoms with Gasteiger partial charge < -0.3 is 10.2 Å². The van der Waals surface area contributed by atoms with Crippen molar-refractivity contribution in [1.29, 1.82) is 0 Å². The molecule has 0 aromatic heterocycles. The highest BCUT2D eigenvalue weighted by Gasteiger charge is 2.25. The second-order valence-electron chi connectivity index (χ2n) is 3.32. The van der Waals surface area contributed by atoms with Gasteiger partial charge in [0.25, 0.3) is 0 Å². The lowest BCUT2D eigenvalue weighted by molar-refractivity contribution is -0.129. The fourth-order valence-electron chi connectivity index (χ4n) is 1.77. The van der Waals surface area contributed by atoms with Crippen molar-refractivity contribution in [3.05, 3.63) is 0 Å². The molecule has 1 saturated heterocycles. The number of hydrogen-bond donors (Lipinski definition) is 1. The molecule has 0 saturated carbocycles. The summed E-state index contributed by atoms with van der Waals surface area (Å²) in [5.41, 5.74) is 0. The van der Waals surface area contributed by atoms with Crippen LogP contribution in [0.1, 0.15) is 26.7 Å². The fraction of sp³-hybridized carbons (Fsp3) is 0.889. The Morgan fingerprint density at radius 1 is 1.67 bits per heavy atom. The molecule has 1 N–H and O–H groups in total. The Kier molecular flexibility index (Phi) is 3.53. The highest BCUT2D eigenvalue weighted by Crippen LogP contribution is 2.16. The van der Waals surface area contributed by atoms with Crippen LogP contribution >= 0.6 is 0 Å². The van der Waals surface area contributed by atoms with E-state index in [-0.39, 0.29) is 5.91 Å². The first-order chi connectivity index (χ1) is 5.75. The summed E-state index contributed by atoms with van der Waals surface area (Å²) in [6.45, 7) is 6.64. The molecule has 0 unspecified atom stereocenters. The third kappa shape index (κ3) is 2.21. The summed E-state index contributed by atoms with van der Waals surface area (Å²) in [6, 6.07) is 0.447. The van der Waals surface area contributed by atoms with E-state index in [1.165, 1.54) is 0 Å². The van der Waals surface area contributed by atoms with Gasteiger partial charge in [0.05, 0.1) is 0 Å². The number of amides is 1. The summed E-state index contributed by atoms with van der Waals surface area (Å²) in [6.07, 6.45) is 2.32. The van der Waals surface area contributed by atoms with Gasteiger partial charge in [-0.3, -0.25) is 4.79 Å². The zero-order valence-electron chi connectivity index (χ0n) is 7.97. The molecule has 12 heavy (non-hydrogen) atoms. The summed E-state index contributed by atoms with van der Waals surface area (Å²) in [5.74, 6) is 0.218. The maximum absolute atomic E-state index is 11.1. The first-order valence-corrected chi connectivity index (χ1v) is 4.73. The Labute approximate surface area is 74.1 Å². The smallest absolute Gasteiger partial charge is 0.219 e. The van der Waals surface area contributed by atoms with Crippen LogP contribution in [0.15, 0.2) is 0 Å². The summed E-state index contributed by atoms with van der Waals surface area (Å²) in [7, 11) is 0. The van der Waals surface area contributed by atoms with Gasteiger partial charge in [0.2, 0.25) is 5.91 Å². The van der Waals surface area contributed by atoms with Gasteiger partial charge in [0, 0.05) is 26.1 Å². The van der Waals surface area contributed by atoms with Gasteiger partial charge in [0.1, 0.15) is 0 Å². The predicted molar refractivity (Wildman–Crippen MR) is 49.0 cm³/mol. The van der Waals surface area contributed by atoms with E-state index in [1.807, 2.05) is 4.90 Å². The SMILES string of the molecule is CCNC[C@H]1CCCN1C(C)=O. The van der Waals surface area contributed by atoms with Crippen molar-refractivity contribution in [1.82, 2.24) is 10.2 Å². The maximum Gasteiger partial charge on any atom is 0.219 e. The van der Waals surface area contributed by atoms with Crippen LogP contribution in [0.4, 0.5) is 0 Å². The van der Waals surface area contributed by atoms with Gasteiger partial charge in [-0.05, 0) is 19.4 Å². The minimum Gasteiger partial charge on any atom is -0.339 e. The van der Waals surface area contributed by atoms with E-state index < -0.39 is 0 Å². The first kappa shape index (κ1) is 9.52. The minimum absolute atomic E-state index is 0.218. The standard InChI is InChI=1S/C9H18N2O/c1-3-10-7-9-5-4-6-11(9)8(2)12/h9-10H,3-7H2,1-2H3/t9-/m1/s1. The van der Waals surface area contributed by atoms with E-state index in [9.17, 15) is 4.79 Å². The number of hydrogen-bond acceptors (Lipinski definition) is 2. The summed E-state index contributed by atoms with van der Waals surface area (Å²) in [4.78, 5) is 13.1. The Balaban J connectivity index is 2.35. The molecule has 1 atom stereocenters. The highest BCUT2D eigenvalue weighted by molar-refractivity contribution is 5.73. The topological polar surface area (TPSA) is 32.3 Å². The molecule has 70 valence electrons. The number of rotatable bonds is 3. The molecule has 0 aliphatic carbocycles. The van der Waals surface area contributed by atoms with Crippen LogP contribution < -0.4 is 5.32 Å². The molecular weight excluding hydrogens is 152 g/mol. The molecule has 3 heteroatoms. The van der Waals surface area contributed by atoms with E-state index in [4.69, 9.17) is 0 Å². The van der Waals surface area contributed by atoms with E-state index in [0.717, 1.165) is 32.5 Å². The van der Waals surface area contributed by atoms with Crippen molar-refractivity contribution in [2.45, 2.75) is 32.7 Å². The molecule has 1 heterocycles. The van der Waals surface area contributed by atoms with Crippen LogP contribution in [-0.2, 0) is 4.79 Å². The quantitative estimate of drug-likeness (QED) is 0.673. The minimum atomic E-state index is 0.218.